The van der Waals surface area contributed by atoms with Crippen LogP contribution in [0.15, 0.2) is 37.4 Å². The van der Waals surface area contributed by atoms with Crippen molar-refractivity contribution in [2.75, 3.05) is 37.7 Å². The van der Waals surface area contributed by atoms with E-state index in [2.05, 4.69) is 11.9 Å². The first kappa shape index (κ1) is 25.9. The minimum absolute atomic E-state index is 0.0583. The summed E-state index contributed by atoms with van der Waals surface area (Å²) in [7, 11) is -3.97. The van der Waals surface area contributed by atoms with Crippen LogP contribution < -0.4 is 4.90 Å². The monoisotopic (exact) mass is 535 g/mol. The van der Waals surface area contributed by atoms with Crippen LogP contribution in [-0.4, -0.2) is 61.4 Å². The SMILES string of the molecule is CCCCCN1C(=O)C(=Cc2nc(S(=O)(=O)c3ccc(C)c(C)c3)c(N3CCOCC3)o2)SC1=S. The highest BCUT2D eigenvalue weighted by molar-refractivity contribution is 8.26. The number of thioether (sulfide) groups is 1. The van der Waals surface area contributed by atoms with Gasteiger partial charge in [0.2, 0.25) is 26.6 Å². The van der Waals surface area contributed by atoms with Crippen molar-refractivity contribution < 1.29 is 22.4 Å². The number of aromatic nitrogens is 1. The summed E-state index contributed by atoms with van der Waals surface area (Å²) in [5.41, 5.74) is 1.87. The van der Waals surface area contributed by atoms with Gasteiger partial charge in [0, 0.05) is 25.7 Å². The number of hydrogen-bond donors (Lipinski definition) is 0. The molecule has 0 unspecified atom stereocenters. The fraction of sp³-hybridized carbons (Fsp3) is 0.458. The van der Waals surface area contributed by atoms with Gasteiger partial charge in [0.05, 0.1) is 23.0 Å². The lowest BCUT2D eigenvalue weighted by atomic mass is 10.1. The largest absolute Gasteiger partial charge is 0.420 e. The zero-order valence-electron chi connectivity index (χ0n) is 20.1. The first-order valence-electron chi connectivity index (χ1n) is 11.6. The molecule has 0 spiro atoms. The first-order chi connectivity index (χ1) is 16.7. The molecule has 2 aliphatic heterocycles. The maximum absolute atomic E-state index is 13.6. The summed E-state index contributed by atoms with van der Waals surface area (Å²) >= 11 is 6.58. The van der Waals surface area contributed by atoms with Crippen molar-refractivity contribution in [3.63, 3.8) is 0 Å². The maximum Gasteiger partial charge on any atom is 0.266 e. The van der Waals surface area contributed by atoms with E-state index in [1.165, 1.54) is 17.8 Å². The van der Waals surface area contributed by atoms with Gasteiger partial charge in [-0.1, -0.05) is 49.8 Å². The molecule has 8 nitrogen and oxygen atoms in total. The molecule has 0 aliphatic carbocycles. The number of anilines is 1. The van der Waals surface area contributed by atoms with E-state index in [0.717, 1.165) is 30.4 Å². The van der Waals surface area contributed by atoms with E-state index in [9.17, 15) is 13.2 Å². The second kappa shape index (κ2) is 10.8. The quantitative estimate of drug-likeness (QED) is 0.278. The molecule has 3 heterocycles. The number of nitrogens with zero attached hydrogens (tertiary/aromatic N) is 3. The predicted molar refractivity (Wildman–Crippen MR) is 140 cm³/mol. The molecule has 0 atom stereocenters. The van der Waals surface area contributed by atoms with Gasteiger partial charge in [0.15, 0.2) is 0 Å². The van der Waals surface area contributed by atoms with Crippen molar-refractivity contribution in [2.24, 2.45) is 0 Å². The maximum atomic E-state index is 13.6. The lowest BCUT2D eigenvalue weighted by Crippen LogP contribution is -2.36. The summed E-state index contributed by atoms with van der Waals surface area (Å²) in [6, 6.07) is 5.00. The van der Waals surface area contributed by atoms with Crippen LogP contribution in [-0.2, 0) is 19.4 Å². The molecule has 2 aliphatic rings. The van der Waals surface area contributed by atoms with Crippen LogP contribution in [0.4, 0.5) is 5.88 Å². The van der Waals surface area contributed by atoms with Crippen molar-refractivity contribution in [2.45, 2.75) is 50.0 Å². The van der Waals surface area contributed by atoms with Gasteiger partial charge in [-0.15, -0.1) is 0 Å². The van der Waals surface area contributed by atoms with Gasteiger partial charge in [-0.05, 0) is 43.5 Å². The standard InChI is InChI=1S/C24H29N3O5S3/c1-4-5-6-9-27-22(28)19(34-24(27)33)15-20-25-21(23(32-20)26-10-12-31-13-11-26)35(29,30)18-8-7-16(2)17(3)14-18/h7-8,14-15H,4-6,9-13H2,1-3H3. The normalized spacial score (nSPS) is 18.2. The molecule has 0 saturated carbocycles. The highest BCUT2D eigenvalue weighted by atomic mass is 32.2. The van der Waals surface area contributed by atoms with E-state index >= 15 is 0 Å². The molecule has 1 aromatic carbocycles. The van der Waals surface area contributed by atoms with Gasteiger partial charge in [-0.3, -0.25) is 9.69 Å². The van der Waals surface area contributed by atoms with Gasteiger partial charge < -0.3 is 14.1 Å². The molecule has 11 heteroatoms. The number of carbonyl (C=O) groups is 1. The first-order valence-corrected chi connectivity index (χ1v) is 14.3. The number of aryl methyl sites for hydroxylation is 2. The third-order valence-electron chi connectivity index (χ3n) is 6.05. The van der Waals surface area contributed by atoms with E-state index in [-0.39, 0.29) is 27.6 Å². The fourth-order valence-corrected chi connectivity index (χ4v) is 6.52. The second-order valence-electron chi connectivity index (χ2n) is 8.55. The number of amides is 1. The molecular formula is C24H29N3O5S3. The minimum atomic E-state index is -3.97. The number of hydrogen-bond acceptors (Lipinski definition) is 9. The molecule has 2 aromatic rings. The number of ether oxygens (including phenoxy) is 1. The third kappa shape index (κ3) is 5.47. The summed E-state index contributed by atoms with van der Waals surface area (Å²) in [6.45, 7) is 8.32. The average molecular weight is 536 g/mol. The Bertz CT molecular complexity index is 1260. The summed E-state index contributed by atoms with van der Waals surface area (Å²) < 4.78 is 39.1. The van der Waals surface area contributed by atoms with E-state index < -0.39 is 9.84 Å². The van der Waals surface area contributed by atoms with Crippen LogP contribution in [0.5, 0.6) is 0 Å². The van der Waals surface area contributed by atoms with Crippen LogP contribution in [0.1, 0.15) is 43.2 Å². The van der Waals surface area contributed by atoms with Crippen LogP contribution in [0.2, 0.25) is 0 Å². The van der Waals surface area contributed by atoms with Crippen molar-refractivity contribution in [1.29, 1.82) is 0 Å². The average Bonchev–Trinajstić information content (AvgIpc) is 3.38. The predicted octanol–water partition coefficient (Wildman–Crippen LogP) is 4.35. The molecular weight excluding hydrogens is 506 g/mol. The Kier molecular flexibility index (Phi) is 7.99. The Balaban J connectivity index is 1.71. The lowest BCUT2D eigenvalue weighted by Gasteiger charge is -2.26. The molecule has 2 fully saturated rings. The van der Waals surface area contributed by atoms with Crippen molar-refractivity contribution >= 4 is 56.0 Å². The number of thiocarbonyl (C=S) groups is 1. The third-order valence-corrected chi connectivity index (χ3v) is 9.08. The second-order valence-corrected chi connectivity index (χ2v) is 12.1. The molecule has 1 aromatic heterocycles. The number of rotatable bonds is 8. The van der Waals surface area contributed by atoms with Crippen molar-refractivity contribution in [3.8, 4) is 0 Å². The molecule has 35 heavy (non-hydrogen) atoms. The van der Waals surface area contributed by atoms with Gasteiger partial charge in [0.1, 0.15) is 4.32 Å². The Hall–Kier alpha value is -2.21. The smallest absolute Gasteiger partial charge is 0.266 e. The number of oxazole rings is 1. The number of carbonyl (C=O) groups excluding carboxylic acids is 1. The van der Waals surface area contributed by atoms with Crippen LogP contribution in [0.25, 0.3) is 6.08 Å². The molecule has 4 rings (SSSR count). The van der Waals surface area contributed by atoms with E-state index in [4.69, 9.17) is 21.4 Å². The lowest BCUT2D eigenvalue weighted by molar-refractivity contribution is -0.122. The van der Waals surface area contributed by atoms with Crippen LogP contribution in [0.3, 0.4) is 0 Å². The summed E-state index contributed by atoms with van der Waals surface area (Å²) in [4.78, 5) is 21.2. The van der Waals surface area contributed by atoms with E-state index in [0.29, 0.717) is 42.1 Å². The molecule has 0 radical (unpaired) electrons. The fourth-order valence-electron chi connectivity index (χ4n) is 3.83. The molecule has 1 amide bonds. The molecule has 0 N–H and O–H groups in total. The molecule has 2 saturated heterocycles. The van der Waals surface area contributed by atoms with Crippen molar-refractivity contribution in [1.82, 2.24) is 9.88 Å². The van der Waals surface area contributed by atoms with E-state index in [1.54, 1.807) is 23.1 Å². The summed E-state index contributed by atoms with van der Waals surface area (Å²) in [5.74, 6) is 0.0138. The van der Waals surface area contributed by atoms with Crippen LogP contribution in [0, 0.1) is 13.8 Å². The Morgan fingerprint density at radius 2 is 1.91 bits per heavy atom. The Labute approximate surface area is 215 Å². The van der Waals surface area contributed by atoms with Gasteiger partial charge in [-0.2, -0.15) is 4.98 Å². The number of sulfone groups is 1. The summed E-state index contributed by atoms with van der Waals surface area (Å²) in [6.07, 6.45) is 4.42. The summed E-state index contributed by atoms with van der Waals surface area (Å²) in [5, 5.41) is -0.160. The zero-order chi connectivity index (χ0) is 25.2. The van der Waals surface area contributed by atoms with Gasteiger partial charge in [0.25, 0.3) is 5.91 Å². The van der Waals surface area contributed by atoms with Crippen LogP contribution >= 0.6 is 24.0 Å². The topological polar surface area (TPSA) is 93.0 Å². The number of benzene rings is 1. The Morgan fingerprint density at radius 1 is 1.17 bits per heavy atom. The highest BCUT2D eigenvalue weighted by Crippen LogP contribution is 2.36. The minimum Gasteiger partial charge on any atom is -0.420 e. The number of unbranched alkanes of at least 4 members (excludes halogenated alkanes) is 2. The zero-order valence-corrected chi connectivity index (χ0v) is 22.5. The molecule has 188 valence electrons. The number of morpholine rings is 1. The van der Waals surface area contributed by atoms with E-state index in [1.807, 2.05) is 18.7 Å². The highest BCUT2D eigenvalue weighted by Gasteiger charge is 2.34. The Morgan fingerprint density at radius 3 is 2.60 bits per heavy atom. The molecule has 0 bridgehead atoms. The van der Waals surface area contributed by atoms with Crippen molar-refractivity contribution in [3.05, 3.63) is 40.1 Å². The van der Waals surface area contributed by atoms with Gasteiger partial charge in [-0.25, -0.2) is 8.42 Å². The van der Waals surface area contributed by atoms with Gasteiger partial charge >= 0.3 is 0 Å².